The lowest BCUT2D eigenvalue weighted by molar-refractivity contribution is 0.117. The van der Waals surface area contributed by atoms with Crippen LogP contribution in [-0.2, 0) is 4.79 Å². The monoisotopic (exact) mass is 179 g/mol. The molecule has 2 bridgehead atoms. The molecule has 0 N–H and O–H groups in total. The maximum absolute atomic E-state index is 10.4. The molecule has 2 aliphatic rings. The van der Waals surface area contributed by atoms with E-state index in [4.69, 9.17) is 0 Å². The highest BCUT2D eigenvalue weighted by Gasteiger charge is 2.41. The Hall–Kier alpha value is -0.620. The summed E-state index contributed by atoms with van der Waals surface area (Å²) in [6, 6.07) is 0. The van der Waals surface area contributed by atoms with E-state index in [1.54, 1.807) is 6.08 Å². The summed E-state index contributed by atoms with van der Waals surface area (Å²) >= 11 is 0. The zero-order valence-electron chi connectivity index (χ0n) is 8.25. The Morgan fingerprint density at radius 3 is 3.08 bits per heavy atom. The molecule has 0 saturated heterocycles. The summed E-state index contributed by atoms with van der Waals surface area (Å²) in [6.45, 7) is 2.28. The van der Waals surface area contributed by atoms with E-state index in [9.17, 15) is 4.79 Å². The lowest BCUT2D eigenvalue weighted by Gasteiger charge is -2.44. The average Bonchev–Trinajstić information content (AvgIpc) is 2.02. The van der Waals surface area contributed by atoms with Gasteiger partial charge in [-0.1, -0.05) is 19.8 Å². The van der Waals surface area contributed by atoms with Gasteiger partial charge in [-0.2, -0.15) is 4.99 Å². The molecule has 1 unspecified atom stereocenters. The molecule has 0 heterocycles. The molecule has 2 heteroatoms. The molecular formula is C11H17NO. The van der Waals surface area contributed by atoms with Crippen LogP contribution in [0.15, 0.2) is 4.99 Å². The van der Waals surface area contributed by atoms with Crippen molar-refractivity contribution in [3.05, 3.63) is 0 Å². The fourth-order valence-corrected chi connectivity index (χ4v) is 3.39. The van der Waals surface area contributed by atoms with Crippen LogP contribution in [0, 0.1) is 11.8 Å². The number of hydrogen-bond donors (Lipinski definition) is 0. The SMILES string of the molecule is CC1C[C@@H]2CCC[C@](N=C=O)(C1)C2. The first-order valence-corrected chi connectivity index (χ1v) is 5.33. The lowest BCUT2D eigenvalue weighted by Crippen LogP contribution is -2.40. The maximum Gasteiger partial charge on any atom is 0.235 e. The summed E-state index contributed by atoms with van der Waals surface area (Å²) in [5.74, 6) is 1.57. The van der Waals surface area contributed by atoms with Gasteiger partial charge in [-0.15, -0.1) is 0 Å². The molecular weight excluding hydrogens is 162 g/mol. The summed E-state index contributed by atoms with van der Waals surface area (Å²) in [7, 11) is 0. The highest BCUT2D eigenvalue weighted by molar-refractivity contribution is 5.35. The molecule has 3 atom stereocenters. The fourth-order valence-electron chi connectivity index (χ4n) is 3.39. The molecule has 72 valence electrons. The van der Waals surface area contributed by atoms with Crippen molar-refractivity contribution >= 4 is 6.08 Å². The maximum atomic E-state index is 10.4. The van der Waals surface area contributed by atoms with Crippen LogP contribution >= 0.6 is 0 Å². The van der Waals surface area contributed by atoms with Gasteiger partial charge >= 0.3 is 0 Å². The number of aliphatic imine (C=N–C) groups is 1. The fraction of sp³-hybridized carbons (Fsp3) is 0.909. The first kappa shape index (κ1) is 8.96. The van der Waals surface area contributed by atoms with Crippen LogP contribution in [0.4, 0.5) is 0 Å². The lowest BCUT2D eigenvalue weighted by atomic mass is 9.64. The molecule has 2 aliphatic carbocycles. The van der Waals surface area contributed by atoms with E-state index in [-0.39, 0.29) is 5.54 Å². The Morgan fingerprint density at radius 1 is 1.46 bits per heavy atom. The van der Waals surface area contributed by atoms with Crippen LogP contribution in [0.2, 0.25) is 0 Å². The van der Waals surface area contributed by atoms with Gasteiger partial charge < -0.3 is 0 Å². The summed E-state index contributed by atoms with van der Waals surface area (Å²) in [4.78, 5) is 14.5. The Bertz CT molecular complexity index is 240. The topological polar surface area (TPSA) is 29.4 Å². The number of nitrogens with zero attached hydrogens (tertiary/aromatic N) is 1. The number of rotatable bonds is 1. The van der Waals surface area contributed by atoms with Crippen LogP contribution in [0.5, 0.6) is 0 Å². The molecule has 0 aromatic rings. The van der Waals surface area contributed by atoms with Crippen molar-refractivity contribution in [1.82, 2.24) is 0 Å². The van der Waals surface area contributed by atoms with E-state index in [0.717, 1.165) is 31.1 Å². The second-order valence-electron chi connectivity index (χ2n) is 4.93. The van der Waals surface area contributed by atoms with Crippen molar-refractivity contribution < 1.29 is 4.79 Å². The zero-order valence-corrected chi connectivity index (χ0v) is 8.25. The zero-order chi connectivity index (χ0) is 9.31. The van der Waals surface area contributed by atoms with Gasteiger partial charge in [0.1, 0.15) is 0 Å². The summed E-state index contributed by atoms with van der Waals surface area (Å²) in [5, 5.41) is 0. The Balaban J connectivity index is 2.19. The van der Waals surface area contributed by atoms with Gasteiger partial charge in [0.2, 0.25) is 6.08 Å². The summed E-state index contributed by atoms with van der Waals surface area (Å²) in [6.07, 6.45) is 9.09. The number of isocyanates is 1. The van der Waals surface area contributed by atoms with E-state index in [1.165, 1.54) is 19.3 Å². The van der Waals surface area contributed by atoms with E-state index in [1.807, 2.05) is 0 Å². The van der Waals surface area contributed by atoms with E-state index < -0.39 is 0 Å². The molecule has 0 aromatic heterocycles. The second kappa shape index (κ2) is 3.26. The molecule has 0 amide bonds. The van der Waals surface area contributed by atoms with Crippen molar-refractivity contribution in [1.29, 1.82) is 0 Å². The first-order chi connectivity index (χ1) is 6.24. The van der Waals surface area contributed by atoms with Crippen molar-refractivity contribution in [3.8, 4) is 0 Å². The van der Waals surface area contributed by atoms with Gasteiger partial charge in [0, 0.05) is 0 Å². The minimum absolute atomic E-state index is 0.00231. The predicted octanol–water partition coefficient (Wildman–Crippen LogP) is 2.68. The van der Waals surface area contributed by atoms with Crippen molar-refractivity contribution in [2.24, 2.45) is 16.8 Å². The Labute approximate surface area is 79.4 Å². The van der Waals surface area contributed by atoms with E-state index >= 15 is 0 Å². The smallest absolute Gasteiger partial charge is 0.211 e. The predicted molar refractivity (Wildman–Crippen MR) is 51.2 cm³/mol. The molecule has 2 saturated carbocycles. The van der Waals surface area contributed by atoms with Gasteiger partial charge in [0.25, 0.3) is 0 Å². The van der Waals surface area contributed by atoms with E-state index in [0.29, 0.717) is 0 Å². The van der Waals surface area contributed by atoms with Crippen LogP contribution in [0.3, 0.4) is 0 Å². The van der Waals surface area contributed by atoms with Gasteiger partial charge in [-0.05, 0) is 37.5 Å². The van der Waals surface area contributed by atoms with Gasteiger partial charge in [0.05, 0.1) is 5.54 Å². The standard InChI is InChI=1S/C11H17NO/c1-9-5-10-3-2-4-11(6-9,7-10)12-8-13/h9-10H,2-7H2,1H3/t9?,10-,11-/m0/s1. The van der Waals surface area contributed by atoms with E-state index in [2.05, 4.69) is 11.9 Å². The highest BCUT2D eigenvalue weighted by Crippen LogP contribution is 2.47. The average molecular weight is 179 g/mol. The van der Waals surface area contributed by atoms with Gasteiger partial charge in [0.15, 0.2) is 0 Å². The molecule has 2 fully saturated rings. The Kier molecular flexibility index (Phi) is 2.25. The van der Waals surface area contributed by atoms with Crippen LogP contribution in [0.25, 0.3) is 0 Å². The van der Waals surface area contributed by atoms with Gasteiger partial charge in [-0.25, -0.2) is 4.79 Å². The first-order valence-electron chi connectivity index (χ1n) is 5.33. The third-order valence-electron chi connectivity index (χ3n) is 3.67. The summed E-state index contributed by atoms with van der Waals surface area (Å²) in [5.41, 5.74) is 0.00231. The van der Waals surface area contributed by atoms with Crippen LogP contribution < -0.4 is 0 Å². The molecule has 0 aliphatic heterocycles. The quantitative estimate of drug-likeness (QED) is 0.449. The minimum atomic E-state index is 0.00231. The molecule has 2 nitrogen and oxygen atoms in total. The minimum Gasteiger partial charge on any atom is -0.211 e. The molecule has 2 rings (SSSR count). The molecule has 0 spiro atoms. The van der Waals surface area contributed by atoms with Crippen molar-refractivity contribution in [3.63, 3.8) is 0 Å². The van der Waals surface area contributed by atoms with Crippen LogP contribution in [-0.4, -0.2) is 11.6 Å². The number of carbonyl (C=O) groups excluding carboxylic acids is 1. The third-order valence-corrected chi connectivity index (χ3v) is 3.67. The van der Waals surface area contributed by atoms with Gasteiger partial charge in [-0.3, -0.25) is 0 Å². The number of fused-ring (bicyclic) bond motifs is 2. The highest BCUT2D eigenvalue weighted by atomic mass is 16.1. The largest absolute Gasteiger partial charge is 0.235 e. The summed E-state index contributed by atoms with van der Waals surface area (Å²) < 4.78 is 0. The normalized spacial score (nSPS) is 43.8. The second-order valence-corrected chi connectivity index (χ2v) is 4.93. The number of hydrogen-bond acceptors (Lipinski definition) is 2. The molecule has 0 aromatic carbocycles. The molecule has 0 radical (unpaired) electrons. The third kappa shape index (κ3) is 1.68. The van der Waals surface area contributed by atoms with Crippen LogP contribution in [0.1, 0.15) is 45.4 Å². The van der Waals surface area contributed by atoms with Crippen molar-refractivity contribution in [2.45, 2.75) is 51.0 Å². The molecule has 13 heavy (non-hydrogen) atoms. The van der Waals surface area contributed by atoms with Crippen molar-refractivity contribution in [2.75, 3.05) is 0 Å². The Morgan fingerprint density at radius 2 is 2.31 bits per heavy atom.